The van der Waals surface area contributed by atoms with Crippen molar-refractivity contribution in [3.05, 3.63) is 0 Å². The Bertz CT molecular complexity index is 2410. The topological polar surface area (TPSA) is 269 Å². The molecule has 9 fully saturated rings. The van der Waals surface area contributed by atoms with E-state index in [1.54, 1.807) is 0 Å². The van der Waals surface area contributed by atoms with E-state index in [1.165, 1.54) is 61.5 Å². The molecule has 6 unspecified atom stereocenters. The molecule has 9 heterocycles. The van der Waals surface area contributed by atoms with Gasteiger partial charge in [0.15, 0.2) is 0 Å². The predicted molar refractivity (Wildman–Crippen MR) is 305 cm³/mol. The predicted octanol–water partition coefficient (Wildman–Crippen LogP) is 3.38. The average molecular weight is 1240 g/mol. The summed E-state index contributed by atoms with van der Waals surface area (Å²) in [6.07, 6.45) is -6.97. The molecule has 0 spiro atoms. The fourth-order valence-corrected chi connectivity index (χ4v) is 18.2. The van der Waals surface area contributed by atoms with Gasteiger partial charge in [0, 0.05) is 135 Å². The zero-order chi connectivity index (χ0) is 59.9. The maximum atomic E-state index is 12.9. The second-order valence-electron chi connectivity index (χ2n) is 22.4. The molecule has 0 aromatic heterocycles. The minimum absolute atomic E-state index is 0.000228. The van der Waals surface area contributed by atoms with Gasteiger partial charge in [0.25, 0.3) is 0 Å². The van der Waals surface area contributed by atoms with Crippen molar-refractivity contribution >= 4 is 114 Å². The van der Waals surface area contributed by atoms with Crippen molar-refractivity contribution in [3.63, 3.8) is 0 Å². The molecule has 0 saturated carbocycles. The Morgan fingerprint density at radius 3 is 0.864 bits per heavy atom. The first-order valence-corrected chi connectivity index (χ1v) is 38.8. The summed E-state index contributed by atoms with van der Waals surface area (Å²) in [6.45, 7) is 19.2. The maximum absolute atomic E-state index is 12.9. The van der Waals surface area contributed by atoms with E-state index in [4.69, 9.17) is 129 Å². The molecule has 0 aromatic carbocycles. The summed E-state index contributed by atoms with van der Waals surface area (Å²) in [5, 5.41) is 0. The van der Waals surface area contributed by atoms with Crippen molar-refractivity contribution in [1.29, 1.82) is 0 Å². The molecule has 30 atom stereocenters. The van der Waals surface area contributed by atoms with Crippen molar-refractivity contribution in [1.82, 2.24) is 0 Å². The van der Waals surface area contributed by atoms with Gasteiger partial charge in [0.1, 0.15) is 41.9 Å². The molecule has 15 radical (unpaired) electrons. The third-order valence-electron chi connectivity index (χ3n) is 15.8. The molecular formula is C42H72B9O24P6. The van der Waals surface area contributed by atoms with Crippen molar-refractivity contribution in [2.45, 2.75) is 151 Å². The number of rotatable bonds is 3. The van der Waals surface area contributed by atoms with Crippen LogP contribution in [0.3, 0.4) is 0 Å². The molecule has 0 aromatic rings. The van der Waals surface area contributed by atoms with Crippen LogP contribution in [0.5, 0.6) is 0 Å². The summed E-state index contributed by atoms with van der Waals surface area (Å²) in [5.74, 6) is -1.36. The van der Waals surface area contributed by atoms with Crippen LogP contribution < -0.4 is 0 Å². The molecule has 0 N–H and O–H groups in total. The van der Waals surface area contributed by atoms with Gasteiger partial charge in [-0.25, -0.2) is 0 Å². The molecule has 39 heteroatoms. The SMILES string of the molecule is [B][B][C@@H]1O[C@@H]2COP(C)(=O)O[C@@H]3[C@H](C)[C@@H](COP(C)(=O)O[C@@H]1[C@@H]2C)O[C@H]3[B].[B][B][C@@H]1O[C@@H]2COP(C)(=O)O[C@H]3[C@@H](C)[C@H]([B])O[C@@H]3COP(C)(=O)O[C@@H]1[C@@H]2C.[B][B][C@@H]1O[C@@H]2COP(C)(=O)O[C@H]3[C@@H](C)[C@H]([B])O[C@@H]3COP(C)(=O)O[C@H]2[C@H]1C. The Morgan fingerprint density at radius 1 is 0.296 bits per heavy atom. The van der Waals surface area contributed by atoms with Crippen LogP contribution in [0.4, 0.5) is 0 Å². The molecular weight excluding hydrogens is 1170 g/mol. The highest BCUT2D eigenvalue weighted by Gasteiger charge is 2.52. The maximum Gasteiger partial charge on any atom is 0.328 e. The van der Waals surface area contributed by atoms with Crippen LogP contribution in [0.25, 0.3) is 0 Å². The first kappa shape index (κ1) is 69.7. The van der Waals surface area contributed by atoms with Crippen LogP contribution >= 0.6 is 45.6 Å². The Morgan fingerprint density at radius 2 is 0.531 bits per heavy atom. The largest absolute Gasteiger partial charge is 0.379 e. The van der Waals surface area contributed by atoms with Gasteiger partial charge in [0.05, 0.1) is 116 Å². The molecule has 24 nitrogen and oxygen atoms in total. The highest BCUT2D eigenvalue weighted by molar-refractivity contribution is 7.54. The fraction of sp³-hybridized carbons (Fsp3) is 1.00. The van der Waals surface area contributed by atoms with Crippen molar-refractivity contribution < 1.29 is 110 Å². The summed E-state index contributed by atoms with van der Waals surface area (Å²) in [7, 11) is 18.3. The van der Waals surface area contributed by atoms with Crippen LogP contribution in [0.15, 0.2) is 0 Å². The van der Waals surface area contributed by atoms with E-state index in [0.29, 0.717) is 0 Å². The number of fused-ring (bicyclic) bond motifs is 9. The second-order valence-corrected chi connectivity index (χ2v) is 34.5. The number of hydrogen-bond donors (Lipinski definition) is 0. The van der Waals surface area contributed by atoms with E-state index in [9.17, 15) is 27.4 Å². The molecule has 81 heavy (non-hydrogen) atoms. The quantitative estimate of drug-likeness (QED) is 0.289. The minimum Gasteiger partial charge on any atom is -0.379 e. The van der Waals surface area contributed by atoms with Crippen LogP contribution in [-0.2, 0) is 110 Å². The lowest BCUT2D eigenvalue weighted by Gasteiger charge is -2.30. The van der Waals surface area contributed by atoms with Gasteiger partial charge in [0.2, 0.25) is 0 Å². The molecule has 9 saturated heterocycles. The highest BCUT2D eigenvalue weighted by atomic mass is 31.2. The van der Waals surface area contributed by atoms with E-state index in [2.05, 4.69) is 0 Å². The van der Waals surface area contributed by atoms with E-state index in [1.807, 2.05) is 41.5 Å². The molecule has 9 rings (SSSR count). The zero-order valence-corrected chi connectivity index (χ0v) is 53.1. The van der Waals surface area contributed by atoms with Gasteiger partial charge in [-0.1, -0.05) is 41.5 Å². The molecule has 0 amide bonds. The highest BCUT2D eigenvalue weighted by Crippen LogP contribution is 2.57. The van der Waals surface area contributed by atoms with Crippen LogP contribution in [-0.4, -0.2) is 257 Å². The smallest absolute Gasteiger partial charge is 0.328 e. The van der Waals surface area contributed by atoms with Gasteiger partial charge in [-0.05, 0) is 0 Å². The van der Waals surface area contributed by atoms with E-state index >= 15 is 0 Å². The molecule has 0 aliphatic carbocycles. The van der Waals surface area contributed by atoms with Crippen molar-refractivity contribution in [3.8, 4) is 0 Å². The van der Waals surface area contributed by atoms with Crippen molar-refractivity contribution in [2.75, 3.05) is 79.6 Å². The third kappa shape index (κ3) is 17.8. The third-order valence-corrected chi connectivity index (χ3v) is 23.2. The Hall–Kier alpha value is 1.24. The fourth-order valence-electron chi connectivity index (χ4n) is 10.8. The Labute approximate surface area is 487 Å². The summed E-state index contributed by atoms with van der Waals surface area (Å²) in [4.78, 5) is 0. The van der Waals surface area contributed by atoms with Gasteiger partial charge >= 0.3 is 45.6 Å². The Balaban J connectivity index is 0.000000175. The van der Waals surface area contributed by atoms with E-state index in [-0.39, 0.29) is 75.1 Å². The minimum atomic E-state index is -3.45. The zero-order valence-electron chi connectivity index (χ0n) is 47.8. The van der Waals surface area contributed by atoms with E-state index in [0.717, 1.165) is 0 Å². The molecule has 6 bridgehead atoms. The summed E-state index contributed by atoms with van der Waals surface area (Å²) in [6, 6.07) is -3.62. The number of ether oxygens (including phenoxy) is 6. The monoisotopic (exact) mass is 1250 g/mol. The molecule has 441 valence electrons. The summed E-state index contributed by atoms with van der Waals surface area (Å²) in [5.41, 5.74) is 0. The first-order chi connectivity index (χ1) is 37.6. The van der Waals surface area contributed by atoms with Crippen molar-refractivity contribution in [2.24, 2.45) is 35.5 Å². The number of hydrogen-bond acceptors (Lipinski definition) is 24. The lowest BCUT2D eigenvalue weighted by molar-refractivity contribution is -0.0267. The first-order valence-electron chi connectivity index (χ1n) is 26.9. The van der Waals surface area contributed by atoms with Gasteiger partial charge in [-0.15, -0.1) is 0 Å². The van der Waals surface area contributed by atoms with Gasteiger partial charge in [-0.2, -0.15) is 0 Å². The average Bonchev–Trinajstić information content (AvgIpc) is 4.31. The molecule has 9 aliphatic heterocycles. The normalized spacial score (nSPS) is 54.4. The van der Waals surface area contributed by atoms with Crippen LogP contribution in [0, 0.1) is 35.5 Å². The second kappa shape index (κ2) is 28.2. The molecule has 9 aliphatic rings. The van der Waals surface area contributed by atoms with Crippen LogP contribution in [0.1, 0.15) is 41.5 Å². The van der Waals surface area contributed by atoms with E-state index < -0.39 is 155 Å². The summed E-state index contributed by atoms with van der Waals surface area (Å²) >= 11 is 0. The standard InChI is InChI=1S/3C14H24B3O8P2/c1-7-11-9(22-13(7)15)5-20-27(4,19)25-12-8(2)14(17-16)23-10(12)6-21-26(3,18)24-11;1-7-9-5-20-26(3,18)24-11-8(2)13(15)22-10(11)6-21-27(4,19)25-12(7)14(17-16)23-9;1-7-9-5-20-27(4,19)25-12-8(2)10(23-14(12)17-16)6-21-26(3,18)24-11(7)13(15)22-9/h3*7-14H,5-6H2,1-4H3/t7-,8-,9-,10-,11+,12+,13-,14-,26?,27?;7-,8-,9-,10-,11+,12-,13-,14-,26?,27?;7-,8-,9-,10-,11-,12-,13-,14-,26?,27?/m111/s1. The summed E-state index contributed by atoms with van der Waals surface area (Å²) < 4.78 is 179. The van der Waals surface area contributed by atoms with Gasteiger partial charge < -0.3 is 82.7 Å². The Kier molecular flexibility index (Phi) is 24.3. The lowest BCUT2D eigenvalue weighted by atomic mass is 9.49. The van der Waals surface area contributed by atoms with Gasteiger partial charge in [-0.3, -0.25) is 27.4 Å². The lowest BCUT2D eigenvalue weighted by Crippen LogP contribution is -2.35. The van der Waals surface area contributed by atoms with Crippen LogP contribution in [0.2, 0.25) is 0 Å².